The molecule has 4 rings (SSSR count). The molecule has 8 heteroatoms. The molecule has 27 heavy (non-hydrogen) atoms. The zero-order valence-electron chi connectivity index (χ0n) is 14.9. The van der Waals surface area contributed by atoms with E-state index in [4.69, 9.17) is 10.5 Å². The molecule has 3 aromatic rings. The van der Waals surface area contributed by atoms with Crippen LogP contribution in [0.2, 0.25) is 0 Å². The van der Waals surface area contributed by atoms with Crippen molar-refractivity contribution in [1.82, 2.24) is 25.5 Å². The molecule has 2 heterocycles. The van der Waals surface area contributed by atoms with Gasteiger partial charge >= 0.3 is 0 Å². The molecular weight excluding hydrogens is 344 g/mol. The Balaban J connectivity index is 1.57. The van der Waals surface area contributed by atoms with Crippen LogP contribution in [0.3, 0.4) is 0 Å². The zero-order chi connectivity index (χ0) is 18.8. The summed E-state index contributed by atoms with van der Waals surface area (Å²) in [6, 6.07) is 15.0. The number of nitrogens with one attached hydrogen (secondary N) is 1. The van der Waals surface area contributed by atoms with Gasteiger partial charge in [-0.1, -0.05) is 30.3 Å². The van der Waals surface area contributed by atoms with Crippen molar-refractivity contribution >= 4 is 5.91 Å². The van der Waals surface area contributed by atoms with Crippen molar-refractivity contribution in [3.8, 4) is 17.1 Å². The summed E-state index contributed by atoms with van der Waals surface area (Å²) in [6.45, 7) is 1.06. The quantitative estimate of drug-likeness (QED) is 0.725. The molecule has 2 atom stereocenters. The largest absolute Gasteiger partial charge is 0.497 e. The number of carbonyl (C=O) groups excluding carboxylic acids is 1. The number of aromatic nitrogens is 4. The molecule has 1 aliphatic heterocycles. The summed E-state index contributed by atoms with van der Waals surface area (Å²) in [7, 11) is 1.64. The lowest BCUT2D eigenvalue weighted by molar-refractivity contribution is 0.0790. The van der Waals surface area contributed by atoms with Crippen molar-refractivity contribution in [3.05, 3.63) is 59.7 Å². The Kier molecular flexibility index (Phi) is 4.55. The predicted octanol–water partition coefficient (Wildman–Crippen LogP) is 1.44. The molecule has 1 saturated heterocycles. The van der Waals surface area contributed by atoms with Gasteiger partial charge in [0.2, 0.25) is 5.82 Å². The molecule has 0 unspecified atom stereocenters. The molecule has 1 fully saturated rings. The smallest absolute Gasteiger partial charge is 0.254 e. The normalized spacial score (nSPS) is 19.3. The number of nitrogens with two attached hydrogens (primary N) is 1. The van der Waals surface area contributed by atoms with E-state index in [9.17, 15) is 4.79 Å². The Morgan fingerprint density at radius 1 is 1.19 bits per heavy atom. The van der Waals surface area contributed by atoms with Crippen LogP contribution < -0.4 is 10.5 Å². The maximum Gasteiger partial charge on any atom is 0.254 e. The number of amides is 1. The first-order valence-corrected chi connectivity index (χ1v) is 8.69. The standard InChI is InChI=1S/C19H20N6O2/c1-27-13-8-6-12(7-9-13)16-10-25(11-17(16)20)19(26)15-5-3-2-4-14(15)18-21-23-24-22-18/h2-9,16-17H,10-11,20H2,1H3,(H,21,22,23,24)/t16-,17+/m0/s1. The van der Waals surface area contributed by atoms with Gasteiger partial charge in [-0.3, -0.25) is 4.79 Å². The maximum absolute atomic E-state index is 13.2. The summed E-state index contributed by atoms with van der Waals surface area (Å²) >= 11 is 0. The Hall–Kier alpha value is -3.26. The highest BCUT2D eigenvalue weighted by molar-refractivity contribution is 6.00. The van der Waals surface area contributed by atoms with E-state index in [1.54, 1.807) is 18.1 Å². The van der Waals surface area contributed by atoms with Gasteiger partial charge in [-0.05, 0) is 29.0 Å². The summed E-state index contributed by atoms with van der Waals surface area (Å²) < 4.78 is 5.21. The molecule has 3 N–H and O–H groups in total. The number of H-pyrrole nitrogens is 1. The molecule has 0 spiro atoms. The molecule has 8 nitrogen and oxygen atoms in total. The SMILES string of the molecule is COc1ccc([C@@H]2CN(C(=O)c3ccccc3-c3nn[nH]n3)C[C@H]2N)cc1. The molecule has 0 saturated carbocycles. The van der Waals surface area contributed by atoms with Crippen LogP contribution in [0.15, 0.2) is 48.5 Å². The fourth-order valence-electron chi connectivity index (χ4n) is 3.51. The predicted molar refractivity (Wildman–Crippen MR) is 99.2 cm³/mol. The fourth-order valence-corrected chi connectivity index (χ4v) is 3.51. The molecule has 0 aliphatic carbocycles. The van der Waals surface area contributed by atoms with Gasteiger partial charge in [0, 0.05) is 30.6 Å². The lowest BCUT2D eigenvalue weighted by Crippen LogP contribution is -2.32. The number of aromatic amines is 1. The zero-order valence-corrected chi connectivity index (χ0v) is 14.9. The van der Waals surface area contributed by atoms with E-state index in [2.05, 4.69) is 20.6 Å². The number of likely N-dealkylation sites (tertiary alicyclic amines) is 1. The van der Waals surface area contributed by atoms with E-state index in [1.165, 1.54) is 0 Å². The van der Waals surface area contributed by atoms with Crippen molar-refractivity contribution in [2.24, 2.45) is 5.73 Å². The topological polar surface area (TPSA) is 110 Å². The van der Waals surface area contributed by atoms with Crippen molar-refractivity contribution in [2.75, 3.05) is 20.2 Å². The minimum Gasteiger partial charge on any atom is -0.497 e. The van der Waals surface area contributed by atoms with Crippen LogP contribution >= 0.6 is 0 Å². The van der Waals surface area contributed by atoms with Crippen LogP contribution in [-0.2, 0) is 0 Å². The van der Waals surface area contributed by atoms with Crippen molar-refractivity contribution in [1.29, 1.82) is 0 Å². The maximum atomic E-state index is 13.2. The van der Waals surface area contributed by atoms with Crippen molar-refractivity contribution < 1.29 is 9.53 Å². The Bertz CT molecular complexity index is 926. The van der Waals surface area contributed by atoms with Crippen LogP contribution in [0.25, 0.3) is 11.4 Å². The summed E-state index contributed by atoms with van der Waals surface area (Å²) in [5.41, 5.74) is 8.65. The van der Waals surface area contributed by atoms with Crippen molar-refractivity contribution in [3.63, 3.8) is 0 Å². The van der Waals surface area contributed by atoms with Crippen LogP contribution in [-0.4, -0.2) is 57.7 Å². The molecule has 1 amide bonds. The van der Waals surface area contributed by atoms with Gasteiger partial charge < -0.3 is 15.4 Å². The number of methoxy groups -OCH3 is 1. The van der Waals surface area contributed by atoms with Crippen LogP contribution in [0.1, 0.15) is 21.8 Å². The van der Waals surface area contributed by atoms with Gasteiger partial charge in [-0.2, -0.15) is 5.21 Å². The number of nitrogens with zero attached hydrogens (tertiary/aromatic N) is 4. The highest BCUT2D eigenvalue weighted by Crippen LogP contribution is 2.30. The molecular formula is C19H20N6O2. The highest BCUT2D eigenvalue weighted by atomic mass is 16.5. The number of rotatable bonds is 4. The van der Waals surface area contributed by atoms with E-state index < -0.39 is 0 Å². The van der Waals surface area contributed by atoms with Gasteiger partial charge in [0.15, 0.2) is 0 Å². The summed E-state index contributed by atoms with van der Waals surface area (Å²) in [5, 5.41) is 14.0. The van der Waals surface area contributed by atoms with E-state index in [1.807, 2.05) is 42.5 Å². The monoisotopic (exact) mass is 364 g/mol. The highest BCUT2D eigenvalue weighted by Gasteiger charge is 2.35. The minimum absolute atomic E-state index is 0.0807. The number of carbonyl (C=O) groups is 1. The number of tetrazole rings is 1. The molecule has 1 aliphatic rings. The molecule has 1 aromatic heterocycles. The second-order valence-corrected chi connectivity index (χ2v) is 6.53. The van der Waals surface area contributed by atoms with Gasteiger partial charge in [0.25, 0.3) is 5.91 Å². The average molecular weight is 364 g/mol. The van der Waals surface area contributed by atoms with Gasteiger partial charge in [0.05, 0.1) is 12.7 Å². The van der Waals surface area contributed by atoms with E-state index in [-0.39, 0.29) is 17.9 Å². The van der Waals surface area contributed by atoms with Crippen LogP contribution in [0, 0.1) is 0 Å². The Labute approximate surface area is 156 Å². The van der Waals surface area contributed by atoms with E-state index >= 15 is 0 Å². The second-order valence-electron chi connectivity index (χ2n) is 6.53. The third kappa shape index (κ3) is 3.26. The van der Waals surface area contributed by atoms with Gasteiger partial charge in [-0.25, -0.2) is 0 Å². The van der Waals surface area contributed by atoms with E-state index in [0.717, 1.165) is 11.3 Å². The number of hydrogen-bond acceptors (Lipinski definition) is 6. The first-order valence-electron chi connectivity index (χ1n) is 8.69. The summed E-state index contributed by atoms with van der Waals surface area (Å²) in [4.78, 5) is 14.9. The molecule has 0 bridgehead atoms. The Morgan fingerprint density at radius 2 is 1.96 bits per heavy atom. The second kappa shape index (κ2) is 7.16. The van der Waals surface area contributed by atoms with Crippen molar-refractivity contribution in [2.45, 2.75) is 12.0 Å². The number of hydrogen-bond donors (Lipinski definition) is 2. The van der Waals surface area contributed by atoms with Crippen LogP contribution in [0.5, 0.6) is 5.75 Å². The van der Waals surface area contributed by atoms with E-state index in [0.29, 0.717) is 30.0 Å². The first-order chi connectivity index (χ1) is 13.2. The number of benzene rings is 2. The average Bonchev–Trinajstić information content (AvgIpc) is 3.37. The fraction of sp³-hybridized carbons (Fsp3) is 0.263. The Morgan fingerprint density at radius 3 is 2.67 bits per heavy atom. The summed E-state index contributed by atoms with van der Waals surface area (Å²) in [6.07, 6.45) is 0. The molecule has 0 radical (unpaired) electrons. The third-order valence-corrected chi connectivity index (χ3v) is 4.94. The van der Waals surface area contributed by atoms with Crippen LogP contribution in [0.4, 0.5) is 0 Å². The summed E-state index contributed by atoms with van der Waals surface area (Å²) in [5.74, 6) is 1.19. The van der Waals surface area contributed by atoms with Gasteiger partial charge in [0.1, 0.15) is 5.75 Å². The lowest BCUT2D eigenvalue weighted by Gasteiger charge is -2.18. The minimum atomic E-state index is -0.125. The first kappa shape index (κ1) is 17.2. The lowest BCUT2D eigenvalue weighted by atomic mass is 9.95. The number of ether oxygens (including phenoxy) is 1. The van der Waals surface area contributed by atoms with Gasteiger partial charge in [-0.15, -0.1) is 10.2 Å². The molecule has 138 valence electrons. The molecule has 2 aromatic carbocycles. The third-order valence-electron chi connectivity index (χ3n) is 4.94.